The highest BCUT2D eigenvalue weighted by molar-refractivity contribution is 8.13. The van der Waals surface area contributed by atoms with Gasteiger partial charge in [-0.15, -0.1) is 0 Å². The predicted octanol–water partition coefficient (Wildman–Crippen LogP) is 3.16. The molecule has 0 saturated carbocycles. The molecule has 1 aromatic carbocycles. The molecule has 7 heteroatoms. The van der Waals surface area contributed by atoms with Crippen LogP contribution in [-0.4, -0.2) is 31.3 Å². The Morgan fingerprint density at radius 3 is 2.62 bits per heavy atom. The standard InChI is InChI=1S/C14H17ClFNO3S/c1-3-12-5-4-9(2)17(12)14(18)10-6-11(16)8-13(7-10)21(15,19)20/h6-9,12H,3-5H2,1-2H3. The zero-order valence-electron chi connectivity index (χ0n) is 11.8. The van der Waals surface area contributed by atoms with Crippen LogP contribution in [-0.2, 0) is 9.05 Å². The number of benzene rings is 1. The second-order valence-corrected chi connectivity index (χ2v) is 7.88. The molecular weight excluding hydrogens is 317 g/mol. The maximum absolute atomic E-state index is 13.6. The molecule has 1 fully saturated rings. The first-order chi connectivity index (χ1) is 9.74. The number of rotatable bonds is 3. The minimum Gasteiger partial charge on any atom is -0.333 e. The van der Waals surface area contributed by atoms with Crippen molar-refractivity contribution in [1.82, 2.24) is 4.90 Å². The van der Waals surface area contributed by atoms with Gasteiger partial charge in [-0.1, -0.05) is 6.92 Å². The SMILES string of the molecule is CCC1CCC(C)N1C(=O)c1cc(F)cc(S(=O)(=O)Cl)c1. The molecule has 0 aromatic heterocycles. The molecule has 1 saturated heterocycles. The van der Waals surface area contributed by atoms with Crippen molar-refractivity contribution in [2.24, 2.45) is 0 Å². The third-order valence-corrected chi connectivity index (χ3v) is 5.22. The molecule has 1 heterocycles. The van der Waals surface area contributed by atoms with Gasteiger partial charge < -0.3 is 4.90 Å². The highest BCUT2D eigenvalue weighted by Gasteiger charge is 2.34. The van der Waals surface area contributed by atoms with Gasteiger partial charge in [0.1, 0.15) is 5.82 Å². The number of nitrogens with zero attached hydrogens (tertiary/aromatic N) is 1. The van der Waals surface area contributed by atoms with E-state index >= 15 is 0 Å². The normalized spacial score (nSPS) is 22.6. The lowest BCUT2D eigenvalue weighted by Gasteiger charge is -2.28. The molecule has 4 nitrogen and oxygen atoms in total. The van der Waals surface area contributed by atoms with E-state index in [-0.39, 0.29) is 23.6 Å². The molecule has 0 aliphatic carbocycles. The van der Waals surface area contributed by atoms with Gasteiger partial charge in [0.05, 0.1) is 4.90 Å². The summed E-state index contributed by atoms with van der Waals surface area (Å²) >= 11 is 0. The number of carbonyl (C=O) groups excluding carboxylic acids is 1. The Hall–Kier alpha value is -1.14. The maximum Gasteiger partial charge on any atom is 0.261 e. The summed E-state index contributed by atoms with van der Waals surface area (Å²) in [7, 11) is 1.16. The van der Waals surface area contributed by atoms with Crippen LogP contribution in [0, 0.1) is 5.82 Å². The first kappa shape index (κ1) is 16.2. The van der Waals surface area contributed by atoms with Crippen molar-refractivity contribution < 1.29 is 17.6 Å². The van der Waals surface area contributed by atoms with E-state index in [1.54, 1.807) is 4.90 Å². The van der Waals surface area contributed by atoms with Crippen molar-refractivity contribution in [2.45, 2.75) is 50.1 Å². The number of carbonyl (C=O) groups is 1. The van der Waals surface area contributed by atoms with Gasteiger partial charge in [0.25, 0.3) is 15.0 Å². The van der Waals surface area contributed by atoms with Gasteiger partial charge in [-0.3, -0.25) is 4.79 Å². The Labute approximate surface area is 128 Å². The number of halogens is 2. The zero-order chi connectivity index (χ0) is 15.8. The first-order valence-electron chi connectivity index (χ1n) is 6.82. The lowest BCUT2D eigenvalue weighted by atomic mass is 10.1. The molecule has 1 amide bonds. The fourth-order valence-corrected chi connectivity index (χ4v) is 3.60. The fraction of sp³-hybridized carbons (Fsp3) is 0.500. The number of amides is 1. The topological polar surface area (TPSA) is 54.5 Å². The van der Waals surface area contributed by atoms with Crippen molar-refractivity contribution in [3.8, 4) is 0 Å². The lowest BCUT2D eigenvalue weighted by molar-refractivity contribution is 0.0675. The Kier molecular flexibility index (Phi) is 4.58. The van der Waals surface area contributed by atoms with E-state index < -0.39 is 19.8 Å². The Balaban J connectivity index is 2.42. The van der Waals surface area contributed by atoms with E-state index in [9.17, 15) is 17.6 Å². The Morgan fingerprint density at radius 2 is 2.05 bits per heavy atom. The summed E-state index contributed by atoms with van der Waals surface area (Å²) in [6.45, 7) is 3.93. The van der Waals surface area contributed by atoms with Gasteiger partial charge in [0.15, 0.2) is 0 Å². The average molecular weight is 334 g/mol. The van der Waals surface area contributed by atoms with Crippen LogP contribution in [0.25, 0.3) is 0 Å². The first-order valence-corrected chi connectivity index (χ1v) is 9.13. The molecule has 2 atom stereocenters. The van der Waals surface area contributed by atoms with Crippen molar-refractivity contribution in [3.05, 3.63) is 29.6 Å². The molecule has 0 N–H and O–H groups in total. The second kappa shape index (κ2) is 5.93. The highest BCUT2D eigenvalue weighted by Crippen LogP contribution is 2.29. The Morgan fingerprint density at radius 1 is 1.38 bits per heavy atom. The predicted molar refractivity (Wildman–Crippen MR) is 78.4 cm³/mol. The quantitative estimate of drug-likeness (QED) is 0.798. The van der Waals surface area contributed by atoms with Crippen molar-refractivity contribution in [3.63, 3.8) is 0 Å². The van der Waals surface area contributed by atoms with Crippen molar-refractivity contribution in [1.29, 1.82) is 0 Å². The van der Waals surface area contributed by atoms with E-state index in [0.717, 1.165) is 37.5 Å². The van der Waals surface area contributed by atoms with E-state index in [2.05, 4.69) is 0 Å². The van der Waals surface area contributed by atoms with Crippen LogP contribution in [0.5, 0.6) is 0 Å². The smallest absolute Gasteiger partial charge is 0.261 e. The minimum absolute atomic E-state index is 0.0152. The zero-order valence-corrected chi connectivity index (χ0v) is 13.4. The summed E-state index contributed by atoms with van der Waals surface area (Å²) in [5.74, 6) is -1.15. The molecule has 0 radical (unpaired) electrons. The molecule has 21 heavy (non-hydrogen) atoms. The summed E-state index contributed by atoms with van der Waals surface area (Å²) in [6, 6.07) is 3.15. The van der Waals surface area contributed by atoms with Gasteiger partial charge in [-0.25, -0.2) is 12.8 Å². The van der Waals surface area contributed by atoms with Crippen LogP contribution in [0.1, 0.15) is 43.5 Å². The fourth-order valence-electron chi connectivity index (χ4n) is 2.81. The van der Waals surface area contributed by atoms with Crippen LogP contribution in [0.3, 0.4) is 0 Å². The van der Waals surface area contributed by atoms with E-state index in [0.29, 0.717) is 0 Å². The van der Waals surface area contributed by atoms with Crippen LogP contribution >= 0.6 is 10.7 Å². The summed E-state index contributed by atoms with van der Waals surface area (Å²) in [5, 5.41) is 0. The van der Waals surface area contributed by atoms with Gasteiger partial charge in [0, 0.05) is 28.3 Å². The summed E-state index contributed by atoms with van der Waals surface area (Å²) in [4.78, 5) is 13.9. The third-order valence-electron chi connectivity index (χ3n) is 3.89. The lowest BCUT2D eigenvalue weighted by Crippen LogP contribution is -2.39. The van der Waals surface area contributed by atoms with Crippen LogP contribution < -0.4 is 0 Å². The van der Waals surface area contributed by atoms with E-state index in [1.807, 2.05) is 13.8 Å². The molecule has 0 bridgehead atoms. The molecular formula is C14H17ClFNO3S. The third kappa shape index (κ3) is 3.37. The highest BCUT2D eigenvalue weighted by atomic mass is 35.7. The van der Waals surface area contributed by atoms with Gasteiger partial charge in [-0.05, 0) is 44.4 Å². The summed E-state index contributed by atoms with van der Waals surface area (Å²) < 4.78 is 36.3. The van der Waals surface area contributed by atoms with E-state index in [1.165, 1.54) is 0 Å². The monoisotopic (exact) mass is 333 g/mol. The van der Waals surface area contributed by atoms with Crippen molar-refractivity contribution in [2.75, 3.05) is 0 Å². The molecule has 2 rings (SSSR count). The van der Waals surface area contributed by atoms with E-state index in [4.69, 9.17) is 10.7 Å². The second-order valence-electron chi connectivity index (χ2n) is 5.31. The van der Waals surface area contributed by atoms with Crippen LogP contribution in [0.2, 0.25) is 0 Å². The van der Waals surface area contributed by atoms with Gasteiger partial charge >= 0.3 is 0 Å². The van der Waals surface area contributed by atoms with Crippen LogP contribution in [0.4, 0.5) is 4.39 Å². The summed E-state index contributed by atoms with van der Waals surface area (Å²) in [6.07, 6.45) is 2.60. The molecule has 1 aromatic rings. The average Bonchev–Trinajstić information content (AvgIpc) is 2.77. The molecule has 2 unspecified atom stereocenters. The van der Waals surface area contributed by atoms with Crippen LogP contribution in [0.15, 0.2) is 23.1 Å². The van der Waals surface area contributed by atoms with Crippen molar-refractivity contribution >= 4 is 25.6 Å². The minimum atomic E-state index is -4.08. The molecule has 116 valence electrons. The molecule has 1 aliphatic heterocycles. The number of hydrogen-bond donors (Lipinski definition) is 0. The number of hydrogen-bond acceptors (Lipinski definition) is 3. The molecule has 1 aliphatic rings. The largest absolute Gasteiger partial charge is 0.333 e. The molecule has 0 spiro atoms. The Bertz CT molecular complexity index is 662. The number of likely N-dealkylation sites (tertiary alicyclic amines) is 1. The van der Waals surface area contributed by atoms with Gasteiger partial charge in [-0.2, -0.15) is 0 Å². The maximum atomic E-state index is 13.6. The van der Waals surface area contributed by atoms with Gasteiger partial charge in [0.2, 0.25) is 0 Å². The summed E-state index contributed by atoms with van der Waals surface area (Å²) in [5.41, 5.74) is 0.0152.